The number of carbonyl (C=O) groups is 1. The Morgan fingerprint density at radius 3 is 2.43 bits per heavy atom. The maximum atomic E-state index is 11.9. The van der Waals surface area contributed by atoms with Gasteiger partial charge in [-0.3, -0.25) is 4.79 Å². The Labute approximate surface area is 129 Å². The lowest BCUT2D eigenvalue weighted by Crippen LogP contribution is -2.36. The number of nitrogens with one attached hydrogen (secondary N) is 2. The van der Waals surface area contributed by atoms with Gasteiger partial charge in [0.25, 0.3) is 0 Å². The summed E-state index contributed by atoms with van der Waals surface area (Å²) in [6, 6.07) is 10.3. The highest BCUT2D eigenvalue weighted by Gasteiger charge is 2.11. The number of carbonyl (C=O) groups excluding carboxylic acids is 1. The number of benzene rings is 1. The van der Waals surface area contributed by atoms with Gasteiger partial charge in [-0.2, -0.15) is 0 Å². The van der Waals surface area contributed by atoms with Gasteiger partial charge in [0.1, 0.15) is 0 Å². The predicted molar refractivity (Wildman–Crippen MR) is 89.2 cm³/mol. The van der Waals surface area contributed by atoms with Gasteiger partial charge in [0.15, 0.2) is 0 Å². The summed E-state index contributed by atoms with van der Waals surface area (Å²) in [4.78, 5) is 11.9. The van der Waals surface area contributed by atoms with Crippen molar-refractivity contribution in [1.82, 2.24) is 10.6 Å². The molecule has 0 aromatic heterocycles. The lowest BCUT2D eigenvalue weighted by atomic mass is 10.0. The van der Waals surface area contributed by atoms with E-state index < -0.39 is 0 Å². The van der Waals surface area contributed by atoms with Gasteiger partial charge in [0.2, 0.25) is 5.91 Å². The third-order valence-corrected chi connectivity index (χ3v) is 3.69. The Balaban J connectivity index is 2.17. The van der Waals surface area contributed by atoms with Crippen molar-refractivity contribution >= 4 is 5.91 Å². The van der Waals surface area contributed by atoms with Crippen molar-refractivity contribution in [2.45, 2.75) is 58.4 Å². The normalized spacial score (nSPS) is 12.1. The van der Waals surface area contributed by atoms with Gasteiger partial charge in [0, 0.05) is 0 Å². The first kappa shape index (κ1) is 17.7. The van der Waals surface area contributed by atoms with Crippen LogP contribution in [0.5, 0.6) is 0 Å². The molecule has 0 aliphatic carbocycles. The molecular formula is C18H30N2O. The van der Waals surface area contributed by atoms with Crippen LogP contribution in [-0.4, -0.2) is 19.0 Å². The standard InChI is InChI=1S/C18H30N2O/c1-3-5-6-7-11-14-19-15-18(21)20-17(4-2)16-12-9-8-10-13-16/h8-10,12-13,17,19H,3-7,11,14-15H2,1-2H3,(H,20,21). The second-order valence-electron chi connectivity index (χ2n) is 5.53. The summed E-state index contributed by atoms with van der Waals surface area (Å²) < 4.78 is 0. The lowest BCUT2D eigenvalue weighted by Gasteiger charge is -2.17. The molecule has 118 valence electrons. The average molecular weight is 290 g/mol. The Kier molecular flexibility index (Phi) is 9.55. The van der Waals surface area contributed by atoms with E-state index in [0.29, 0.717) is 6.54 Å². The highest BCUT2D eigenvalue weighted by Crippen LogP contribution is 2.15. The van der Waals surface area contributed by atoms with Crippen LogP contribution in [0.2, 0.25) is 0 Å². The molecule has 0 saturated carbocycles. The van der Waals surface area contributed by atoms with Crippen LogP contribution in [0.3, 0.4) is 0 Å². The SMILES string of the molecule is CCCCCCCNCC(=O)NC(CC)c1ccccc1. The van der Waals surface area contributed by atoms with Crippen molar-refractivity contribution in [3.05, 3.63) is 35.9 Å². The van der Waals surface area contributed by atoms with Crippen LogP contribution in [0.4, 0.5) is 0 Å². The van der Waals surface area contributed by atoms with Gasteiger partial charge in [-0.1, -0.05) is 69.9 Å². The molecular weight excluding hydrogens is 260 g/mol. The van der Waals surface area contributed by atoms with E-state index in [2.05, 4.69) is 36.6 Å². The minimum Gasteiger partial charge on any atom is -0.348 e. The molecule has 1 amide bonds. The van der Waals surface area contributed by atoms with Crippen LogP contribution >= 0.6 is 0 Å². The van der Waals surface area contributed by atoms with E-state index in [9.17, 15) is 4.79 Å². The summed E-state index contributed by atoms with van der Waals surface area (Å²) in [5, 5.41) is 6.32. The van der Waals surface area contributed by atoms with Gasteiger partial charge in [-0.15, -0.1) is 0 Å². The number of hydrogen-bond acceptors (Lipinski definition) is 2. The van der Waals surface area contributed by atoms with E-state index in [1.807, 2.05) is 18.2 Å². The first-order chi connectivity index (χ1) is 10.3. The minimum absolute atomic E-state index is 0.0826. The molecule has 0 fully saturated rings. The Morgan fingerprint density at radius 1 is 1.05 bits per heavy atom. The highest BCUT2D eigenvalue weighted by atomic mass is 16.1. The maximum absolute atomic E-state index is 11.9. The molecule has 0 spiro atoms. The van der Waals surface area contributed by atoms with E-state index in [1.165, 1.54) is 31.2 Å². The van der Waals surface area contributed by atoms with E-state index >= 15 is 0 Å². The molecule has 3 heteroatoms. The Bertz CT molecular complexity index is 378. The van der Waals surface area contributed by atoms with Crippen LogP contribution < -0.4 is 10.6 Å². The second-order valence-corrected chi connectivity index (χ2v) is 5.53. The molecule has 0 aliphatic heterocycles. The van der Waals surface area contributed by atoms with Crippen molar-refractivity contribution in [1.29, 1.82) is 0 Å². The van der Waals surface area contributed by atoms with Crippen LogP contribution in [0, 0.1) is 0 Å². The summed E-state index contributed by atoms with van der Waals surface area (Å²) >= 11 is 0. The molecule has 0 radical (unpaired) electrons. The molecule has 1 rings (SSSR count). The van der Waals surface area contributed by atoms with Gasteiger partial charge >= 0.3 is 0 Å². The Morgan fingerprint density at radius 2 is 1.76 bits per heavy atom. The highest BCUT2D eigenvalue weighted by molar-refractivity contribution is 5.78. The van der Waals surface area contributed by atoms with Gasteiger partial charge < -0.3 is 10.6 Å². The van der Waals surface area contributed by atoms with Crippen molar-refractivity contribution < 1.29 is 4.79 Å². The van der Waals surface area contributed by atoms with Crippen LogP contribution in [0.15, 0.2) is 30.3 Å². The van der Waals surface area contributed by atoms with Crippen molar-refractivity contribution in [2.75, 3.05) is 13.1 Å². The Hall–Kier alpha value is -1.35. The first-order valence-corrected chi connectivity index (χ1v) is 8.33. The molecule has 0 bridgehead atoms. The average Bonchev–Trinajstić information content (AvgIpc) is 2.52. The predicted octanol–water partition coefficient (Wildman–Crippen LogP) is 3.81. The summed E-state index contributed by atoms with van der Waals surface area (Å²) in [6.07, 6.45) is 7.21. The number of unbranched alkanes of at least 4 members (excludes halogenated alkanes) is 4. The molecule has 1 atom stereocenters. The lowest BCUT2D eigenvalue weighted by molar-refractivity contribution is -0.121. The third-order valence-electron chi connectivity index (χ3n) is 3.69. The monoisotopic (exact) mass is 290 g/mol. The molecule has 1 aromatic rings. The molecule has 0 heterocycles. The van der Waals surface area contributed by atoms with E-state index in [-0.39, 0.29) is 11.9 Å². The largest absolute Gasteiger partial charge is 0.348 e. The van der Waals surface area contributed by atoms with E-state index in [0.717, 1.165) is 19.4 Å². The van der Waals surface area contributed by atoms with Crippen LogP contribution in [0.1, 0.15) is 64.0 Å². The number of amides is 1. The van der Waals surface area contributed by atoms with Crippen LogP contribution in [0.25, 0.3) is 0 Å². The third kappa shape index (κ3) is 7.86. The molecule has 1 unspecified atom stereocenters. The van der Waals surface area contributed by atoms with Gasteiger partial charge in [-0.25, -0.2) is 0 Å². The summed E-state index contributed by atoms with van der Waals surface area (Å²) in [5.74, 6) is 0.0826. The zero-order valence-corrected chi connectivity index (χ0v) is 13.5. The molecule has 2 N–H and O–H groups in total. The fraction of sp³-hybridized carbons (Fsp3) is 0.611. The zero-order valence-electron chi connectivity index (χ0n) is 13.5. The fourth-order valence-corrected chi connectivity index (χ4v) is 2.41. The molecule has 21 heavy (non-hydrogen) atoms. The smallest absolute Gasteiger partial charge is 0.234 e. The second kappa shape index (κ2) is 11.3. The van der Waals surface area contributed by atoms with Crippen molar-refractivity contribution in [3.63, 3.8) is 0 Å². The van der Waals surface area contributed by atoms with E-state index in [4.69, 9.17) is 0 Å². The molecule has 0 aliphatic rings. The molecule has 3 nitrogen and oxygen atoms in total. The van der Waals surface area contributed by atoms with E-state index in [1.54, 1.807) is 0 Å². The quantitative estimate of drug-likeness (QED) is 0.608. The van der Waals surface area contributed by atoms with Crippen LogP contribution in [-0.2, 0) is 4.79 Å². The molecule has 1 aromatic carbocycles. The fourth-order valence-electron chi connectivity index (χ4n) is 2.41. The van der Waals surface area contributed by atoms with Crippen molar-refractivity contribution in [2.24, 2.45) is 0 Å². The summed E-state index contributed by atoms with van der Waals surface area (Å²) in [5.41, 5.74) is 1.17. The van der Waals surface area contributed by atoms with Crippen molar-refractivity contribution in [3.8, 4) is 0 Å². The summed E-state index contributed by atoms with van der Waals surface area (Å²) in [7, 11) is 0. The van der Waals surface area contributed by atoms with Gasteiger partial charge in [-0.05, 0) is 24.9 Å². The molecule has 0 saturated heterocycles. The van der Waals surface area contributed by atoms with Gasteiger partial charge in [0.05, 0.1) is 12.6 Å². The summed E-state index contributed by atoms with van der Waals surface area (Å²) in [6.45, 7) is 5.66. The first-order valence-electron chi connectivity index (χ1n) is 8.33. The number of rotatable bonds is 11. The zero-order chi connectivity index (χ0) is 15.3. The number of hydrogen-bond donors (Lipinski definition) is 2. The topological polar surface area (TPSA) is 41.1 Å². The maximum Gasteiger partial charge on any atom is 0.234 e. The minimum atomic E-state index is 0.0826.